The Bertz CT molecular complexity index is 5340. The van der Waals surface area contributed by atoms with Crippen LogP contribution in [0.15, 0.2) is 303 Å². The molecule has 2 heteroatoms. The van der Waals surface area contributed by atoms with Gasteiger partial charge in [0.1, 0.15) is 0 Å². The van der Waals surface area contributed by atoms with Gasteiger partial charge in [0, 0.05) is 34.1 Å². The van der Waals surface area contributed by atoms with Gasteiger partial charge in [-0.25, -0.2) is 0 Å². The predicted molar refractivity (Wildman–Crippen MR) is 358 cm³/mol. The van der Waals surface area contributed by atoms with E-state index in [-0.39, 0.29) is 0 Å². The van der Waals surface area contributed by atoms with Gasteiger partial charge in [0.25, 0.3) is 0 Å². The van der Waals surface area contributed by atoms with E-state index in [1.54, 1.807) is 0 Å². The SMILES string of the molecule is c1ccc(N(c2ccccc2)c2cccc(-c3c4c(cc5c3ccc3c6cc7c(c(-c8cccc(N(c9ccccc9)c9ccccc9)c8)c6ccc53)-c3cc5ccccc5c5cccc-7c35)-c3cc5ccccc5c5cccc-4c35)c2)cc1. The fourth-order valence-corrected chi connectivity index (χ4v) is 14.7. The van der Waals surface area contributed by atoms with Gasteiger partial charge in [-0.05, 0) is 239 Å². The summed E-state index contributed by atoms with van der Waals surface area (Å²) >= 11 is 0. The van der Waals surface area contributed by atoms with Gasteiger partial charge in [0.2, 0.25) is 0 Å². The van der Waals surface area contributed by atoms with Crippen LogP contribution in [-0.4, -0.2) is 0 Å². The lowest BCUT2D eigenvalue weighted by Gasteiger charge is -2.26. The molecule has 2 nitrogen and oxygen atoms in total. The van der Waals surface area contributed by atoms with E-state index < -0.39 is 0 Å². The van der Waals surface area contributed by atoms with Gasteiger partial charge in [-0.3, -0.25) is 0 Å². The van der Waals surface area contributed by atoms with Gasteiger partial charge in [0.15, 0.2) is 0 Å². The third-order valence-corrected chi connectivity index (χ3v) is 18.2. The highest BCUT2D eigenvalue weighted by atomic mass is 15.1. The lowest BCUT2D eigenvalue weighted by Crippen LogP contribution is -2.09. The van der Waals surface area contributed by atoms with E-state index in [1.807, 2.05) is 0 Å². The molecule has 18 rings (SSSR count). The summed E-state index contributed by atoms with van der Waals surface area (Å²) in [5.74, 6) is 0. The molecule has 0 bridgehead atoms. The Morgan fingerprint density at radius 2 is 0.524 bits per heavy atom. The number of benzene rings is 16. The van der Waals surface area contributed by atoms with Crippen LogP contribution in [0.2, 0.25) is 0 Å². The van der Waals surface area contributed by atoms with Gasteiger partial charge in [-0.15, -0.1) is 0 Å². The monoisotopic (exact) mass is 1060 g/mol. The molecule has 0 fully saturated rings. The molecule has 0 heterocycles. The Morgan fingerprint density at radius 3 is 1.01 bits per heavy atom. The molecule has 0 saturated carbocycles. The second-order valence-electron chi connectivity index (χ2n) is 22.6. The quantitative estimate of drug-likeness (QED) is 0.140. The molecule has 2 aliphatic carbocycles. The number of para-hydroxylation sites is 4. The van der Waals surface area contributed by atoms with Crippen LogP contribution < -0.4 is 9.80 Å². The van der Waals surface area contributed by atoms with Crippen LogP contribution in [-0.2, 0) is 0 Å². The number of nitrogens with zero attached hydrogens (tertiary/aromatic N) is 2. The largest absolute Gasteiger partial charge is 0.310 e. The Hall–Kier alpha value is -11.1. The first-order valence-electron chi connectivity index (χ1n) is 29.2. The van der Waals surface area contributed by atoms with E-state index in [0.717, 1.165) is 34.1 Å². The lowest BCUT2D eigenvalue weighted by atomic mass is 9.83. The van der Waals surface area contributed by atoms with Crippen LogP contribution in [0.1, 0.15) is 0 Å². The first-order chi connectivity index (χ1) is 41.7. The molecule has 0 amide bonds. The van der Waals surface area contributed by atoms with E-state index in [1.165, 1.54) is 142 Å². The molecule has 0 aromatic heterocycles. The zero-order valence-corrected chi connectivity index (χ0v) is 45.8. The minimum atomic E-state index is 1.10. The molecule has 0 aliphatic heterocycles. The van der Waals surface area contributed by atoms with Gasteiger partial charge < -0.3 is 9.80 Å². The molecular weight excluding hydrogens is 1010 g/mol. The summed E-state index contributed by atoms with van der Waals surface area (Å²) < 4.78 is 0. The summed E-state index contributed by atoms with van der Waals surface area (Å²) in [6.45, 7) is 0. The highest BCUT2D eigenvalue weighted by molar-refractivity contribution is 6.33. The van der Waals surface area contributed by atoms with Crippen molar-refractivity contribution >= 4 is 110 Å². The minimum Gasteiger partial charge on any atom is -0.310 e. The molecule has 0 saturated heterocycles. The molecule has 0 N–H and O–H groups in total. The van der Waals surface area contributed by atoms with Crippen LogP contribution in [0.25, 0.3) is 142 Å². The van der Waals surface area contributed by atoms with Crippen molar-refractivity contribution < 1.29 is 0 Å². The Balaban J connectivity index is 0.933. The number of hydrogen-bond donors (Lipinski definition) is 0. The van der Waals surface area contributed by atoms with E-state index >= 15 is 0 Å². The molecule has 0 radical (unpaired) electrons. The highest BCUT2D eigenvalue weighted by Gasteiger charge is 2.31. The maximum Gasteiger partial charge on any atom is 0.0467 e. The molecule has 0 spiro atoms. The zero-order valence-electron chi connectivity index (χ0n) is 45.8. The van der Waals surface area contributed by atoms with E-state index in [0.29, 0.717) is 0 Å². The second kappa shape index (κ2) is 18.2. The third-order valence-electron chi connectivity index (χ3n) is 18.2. The fourth-order valence-electron chi connectivity index (χ4n) is 14.7. The standard InChI is InChI=1S/C82H50N2/c1-5-25-55(26-6-1)83(56-27-7-2-8-28-56)59-33-17-23-53(45-59)77-68-43-41-63-64(72(68)50-75-73-47-51-21-13-15-35-61(51)66-38-20-40-70(80(66)73)81(75)77)42-44-69-71(63)49-74-67-39-19-37-65-62-36-16-14-22-52(62)48-76(79(65)67)82(74)78(69)54-24-18-34-60(46-54)84(57-29-9-3-10-30-57)58-31-11-4-12-32-58/h1-50H. The smallest absolute Gasteiger partial charge is 0.0467 e. The van der Waals surface area contributed by atoms with Crippen LogP contribution in [0, 0.1) is 0 Å². The molecular formula is C82H50N2. The van der Waals surface area contributed by atoms with Crippen molar-refractivity contribution in [3.05, 3.63) is 303 Å². The summed E-state index contributed by atoms with van der Waals surface area (Å²) in [6, 6.07) is 113. The van der Waals surface area contributed by atoms with Gasteiger partial charge in [-0.1, -0.05) is 206 Å². The summed E-state index contributed by atoms with van der Waals surface area (Å²) in [4.78, 5) is 4.76. The summed E-state index contributed by atoms with van der Waals surface area (Å²) in [7, 11) is 0. The summed E-state index contributed by atoms with van der Waals surface area (Å²) in [5.41, 5.74) is 21.8. The Morgan fingerprint density at radius 1 is 0.167 bits per heavy atom. The molecule has 0 atom stereocenters. The Labute approximate surface area is 486 Å². The van der Waals surface area contributed by atoms with Crippen molar-refractivity contribution in [2.75, 3.05) is 9.80 Å². The second-order valence-corrected chi connectivity index (χ2v) is 22.6. The van der Waals surface area contributed by atoms with E-state index in [2.05, 4.69) is 313 Å². The van der Waals surface area contributed by atoms with Gasteiger partial charge in [0.05, 0.1) is 0 Å². The number of rotatable bonds is 8. The summed E-state index contributed by atoms with van der Waals surface area (Å²) in [5, 5.41) is 17.7. The van der Waals surface area contributed by atoms with Crippen molar-refractivity contribution in [3.63, 3.8) is 0 Å². The maximum absolute atomic E-state index is 2.54. The zero-order chi connectivity index (χ0) is 55.0. The van der Waals surface area contributed by atoms with Crippen molar-refractivity contribution in [1.82, 2.24) is 0 Å². The first kappa shape index (κ1) is 46.7. The number of hydrogen-bond acceptors (Lipinski definition) is 2. The van der Waals surface area contributed by atoms with Crippen LogP contribution in [0.4, 0.5) is 34.1 Å². The van der Waals surface area contributed by atoms with Gasteiger partial charge >= 0.3 is 0 Å². The Kier molecular flexibility index (Phi) is 10.1. The number of anilines is 6. The van der Waals surface area contributed by atoms with Gasteiger partial charge in [-0.2, -0.15) is 0 Å². The summed E-state index contributed by atoms with van der Waals surface area (Å²) in [6.07, 6.45) is 0. The van der Waals surface area contributed by atoms with Crippen molar-refractivity contribution in [1.29, 1.82) is 0 Å². The average Bonchev–Trinajstić information content (AvgIpc) is 1.58. The fraction of sp³-hybridized carbons (Fsp3) is 0. The molecule has 16 aromatic carbocycles. The topological polar surface area (TPSA) is 6.48 Å². The normalized spacial score (nSPS) is 12.0. The van der Waals surface area contributed by atoms with E-state index in [4.69, 9.17) is 0 Å². The van der Waals surface area contributed by atoms with Crippen molar-refractivity contribution in [2.45, 2.75) is 0 Å². The molecule has 2 aliphatic rings. The van der Waals surface area contributed by atoms with Crippen LogP contribution >= 0.6 is 0 Å². The number of fused-ring (bicyclic) bond motifs is 15. The predicted octanol–water partition coefficient (Wildman–Crippen LogP) is 23.3. The van der Waals surface area contributed by atoms with Crippen LogP contribution in [0.5, 0.6) is 0 Å². The molecule has 16 aromatic rings. The van der Waals surface area contributed by atoms with Crippen LogP contribution in [0.3, 0.4) is 0 Å². The molecule has 388 valence electrons. The minimum absolute atomic E-state index is 1.10. The van der Waals surface area contributed by atoms with Crippen molar-refractivity contribution in [3.8, 4) is 66.8 Å². The molecule has 84 heavy (non-hydrogen) atoms. The third kappa shape index (κ3) is 6.86. The van der Waals surface area contributed by atoms with E-state index in [9.17, 15) is 0 Å². The maximum atomic E-state index is 2.54. The van der Waals surface area contributed by atoms with Crippen molar-refractivity contribution in [2.24, 2.45) is 0 Å². The molecule has 0 unspecified atom stereocenters. The average molecular weight is 1060 g/mol. The highest BCUT2D eigenvalue weighted by Crippen LogP contribution is 2.59. The lowest BCUT2D eigenvalue weighted by molar-refractivity contribution is 1.28. The first-order valence-corrected chi connectivity index (χ1v) is 29.2.